The second-order valence-corrected chi connectivity index (χ2v) is 3.63. The van der Waals surface area contributed by atoms with Crippen LogP contribution in [0.25, 0.3) is 0 Å². The van der Waals surface area contributed by atoms with Gasteiger partial charge in [0, 0.05) is 25.0 Å². The zero-order valence-electron chi connectivity index (χ0n) is 8.83. The van der Waals surface area contributed by atoms with Crippen LogP contribution in [0.4, 0.5) is 0 Å². The summed E-state index contributed by atoms with van der Waals surface area (Å²) in [6.45, 7) is 3.77. The van der Waals surface area contributed by atoms with E-state index in [0.29, 0.717) is 0 Å². The molecule has 76 valence electrons. The van der Waals surface area contributed by atoms with Crippen molar-refractivity contribution in [3.05, 3.63) is 24.0 Å². The summed E-state index contributed by atoms with van der Waals surface area (Å²) in [6.07, 6.45) is 2.84. The first kappa shape index (κ1) is 10.8. The monoisotopic (exact) mass is 191 g/mol. The average Bonchev–Trinajstić information content (AvgIpc) is 2.66. The van der Waals surface area contributed by atoms with E-state index in [4.69, 9.17) is 5.26 Å². The zero-order valence-corrected chi connectivity index (χ0v) is 8.83. The van der Waals surface area contributed by atoms with Crippen LogP contribution < -0.4 is 0 Å². The highest BCUT2D eigenvalue weighted by Crippen LogP contribution is 2.06. The Morgan fingerprint density at radius 1 is 1.64 bits per heavy atom. The van der Waals surface area contributed by atoms with E-state index >= 15 is 0 Å². The van der Waals surface area contributed by atoms with Crippen LogP contribution in [0, 0.1) is 17.2 Å². The van der Waals surface area contributed by atoms with Crippen LogP contribution in [-0.2, 0) is 6.54 Å². The Balaban J connectivity index is 2.36. The largest absolute Gasteiger partial charge is 0.364 e. The number of hydrogen-bond donors (Lipinski definition) is 1. The van der Waals surface area contributed by atoms with Gasteiger partial charge >= 0.3 is 0 Å². The minimum Gasteiger partial charge on any atom is -0.364 e. The maximum atomic E-state index is 8.82. The van der Waals surface area contributed by atoms with Crippen molar-refractivity contribution in [3.63, 3.8) is 0 Å². The number of hydrogen-bond acceptors (Lipinski definition) is 2. The molecule has 14 heavy (non-hydrogen) atoms. The fourth-order valence-electron chi connectivity index (χ4n) is 1.46. The fourth-order valence-corrected chi connectivity index (χ4v) is 1.46. The molecule has 1 aromatic rings. The molecule has 3 nitrogen and oxygen atoms in total. The van der Waals surface area contributed by atoms with E-state index in [1.807, 2.05) is 19.3 Å². The number of aromatic nitrogens is 1. The standard InChI is InChI=1S/C11H17N3/c1-3-10(7-12)8-14(2)9-11-5-4-6-13-11/h4-6,10,13H,3,8-9H2,1-2H3. The smallest absolute Gasteiger partial charge is 0.0669 e. The molecule has 0 aliphatic carbocycles. The summed E-state index contributed by atoms with van der Waals surface area (Å²) in [6, 6.07) is 6.36. The van der Waals surface area contributed by atoms with Crippen molar-refractivity contribution in [3.8, 4) is 6.07 Å². The highest BCUT2D eigenvalue weighted by molar-refractivity contribution is 5.03. The molecule has 0 amide bonds. The van der Waals surface area contributed by atoms with Crippen LogP contribution in [0.15, 0.2) is 18.3 Å². The SMILES string of the molecule is CCC(C#N)CN(C)Cc1ccc[nH]1. The first-order chi connectivity index (χ1) is 6.76. The van der Waals surface area contributed by atoms with Gasteiger partial charge in [0.25, 0.3) is 0 Å². The van der Waals surface area contributed by atoms with E-state index in [2.05, 4.69) is 28.9 Å². The van der Waals surface area contributed by atoms with E-state index in [-0.39, 0.29) is 5.92 Å². The number of H-pyrrole nitrogens is 1. The molecular formula is C11H17N3. The summed E-state index contributed by atoms with van der Waals surface area (Å²) < 4.78 is 0. The second-order valence-electron chi connectivity index (χ2n) is 3.63. The number of nitrogens with one attached hydrogen (secondary N) is 1. The minimum atomic E-state index is 0.148. The molecule has 0 radical (unpaired) electrons. The van der Waals surface area contributed by atoms with Crippen molar-refractivity contribution < 1.29 is 0 Å². The highest BCUT2D eigenvalue weighted by Gasteiger charge is 2.08. The summed E-state index contributed by atoms with van der Waals surface area (Å²) in [5, 5.41) is 8.82. The van der Waals surface area contributed by atoms with Gasteiger partial charge in [0.1, 0.15) is 0 Å². The molecule has 1 rings (SSSR count). The van der Waals surface area contributed by atoms with E-state index in [1.165, 1.54) is 5.69 Å². The Hall–Kier alpha value is -1.27. The van der Waals surface area contributed by atoms with E-state index in [9.17, 15) is 0 Å². The van der Waals surface area contributed by atoms with Crippen molar-refractivity contribution >= 4 is 0 Å². The Morgan fingerprint density at radius 2 is 2.43 bits per heavy atom. The third-order valence-corrected chi connectivity index (χ3v) is 2.31. The Morgan fingerprint density at radius 3 is 2.93 bits per heavy atom. The van der Waals surface area contributed by atoms with Gasteiger partial charge in [-0.25, -0.2) is 0 Å². The Labute approximate surface area is 85.3 Å². The molecule has 0 aliphatic rings. The normalized spacial score (nSPS) is 12.7. The van der Waals surface area contributed by atoms with Crippen LogP contribution >= 0.6 is 0 Å². The summed E-state index contributed by atoms with van der Waals surface area (Å²) in [5.74, 6) is 0.148. The lowest BCUT2D eigenvalue weighted by Crippen LogP contribution is -2.24. The number of nitriles is 1. The van der Waals surface area contributed by atoms with Crippen molar-refractivity contribution in [2.45, 2.75) is 19.9 Å². The van der Waals surface area contributed by atoms with Gasteiger partial charge in [-0.2, -0.15) is 5.26 Å². The summed E-state index contributed by atoms with van der Waals surface area (Å²) >= 11 is 0. The maximum Gasteiger partial charge on any atom is 0.0669 e. The van der Waals surface area contributed by atoms with Crippen LogP contribution in [0.3, 0.4) is 0 Å². The van der Waals surface area contributed by atoms with Gasteiger partial charge in [-0.15, -0.1) is 0 Å². The predicted molar refractivity (Wildman–Crippen MR) is 56.5 cm³/mol. The summed E-state index contributed by atoms with van der Waals surface area (Å²) in [5.41, 5.74) is 1.19. The zero-order chi connectivity index (χ0) is 10.4. The molecule has 0 bridgehead atoms. The van der Waals surface area contributed by atoms with Gasteiger partial charge in [0.2, 0.25) is 0 Å². The average molecular weight is 191 g/mol. The lowest BCUT2D eigenvalue weighted by atomic mass is 10.1. The molecule has 0 aromatic carbocycles. The Bertz CT molecular complexity index is 284. The quantitative estimate of drug-likeness (QED) is 0.773. The van der Waals surface area contributed by atoms with Crippen LogP contribution in [-0.4, -0.2) is 23.5 Å². The highest BCUT2D eigenvalue weighted by atomic mass is 15.1. The molecular weight excluding hydrogens is 174 g/mol. The molecule has 0 fully saturated rings. The van der Waals surface area contributed by atoms with Crippen molar-refractivity contribution in [2.75, 3.05) is 13.6 Å². The van der Waals surface area contributed by atoms with E-state index < -0.39 is 0 Å². The molecule has 1 N–H and O–H groups in total. The number of aromatic amines is 1. The first-order valence-electron chi connectivity index (χ1n) is 4.96. The van der Waals surface area contributed by atoms with E-state index in [1.54, 1.807) is 0 Å². The third kappa shape index (κ3) is 3.23. The molecule has 1 unspecified atom stereocenters. The molecule has 0 aliphatic heterocycles. The molecule has 0 saturated carbocycles. The molecule has 0 spiro atoms. The minimum absolute atomic E-state index is 0.148. The molecule has 1 atom stereocenters. The topological polar surface area (TPSA) is 42.8 Å². The van der Waals surface area contributed by atoms with Gasteiger partial charge in [0.05, 0.1) is 12.0 Å². The van der Waals surface area contributed by atoms with Crippen molar-refractivity contribution in [1.82, 2.24) is 9.88 Å². The molecule has 1 heterocycles. The molecule has 3 heteroatoms. The Kier molecular flexibility index (Phi) is 4.21. The van der Waals surface area contributed by atoms with Gasteiger partial charge in [-0.3, -0.25) is 4.90 Å². The van der Waals surface area contributed by atoms with Crippen molar-refractivity contribution in [1.29, 1.82) is 5.26 Å². The molecule has 1 aromatic heterocycles. The van der Waals surface area contributed by atoms with Crippen molar-refractivity contribution in [2.24, 2.45) is 5.92 Å². The molecule has 0 saturated heterocycles. The summed E-state index contributed by atoms with van der Waals surface area (Å²) in [7, 11) is 2.04. The van der Waals surface area contributed by atoms with Crippen LogP contribution in [0.5, 0.6) is 0 Å². The summed E-state index contributed by atoms with van der Waals surface area (Å²) in [4.78, 5) is 5.32. The first-order valence-corrected chi connectivity index (χ1v) is 4.96. The second kappa shape index (κ2) is 5.46. The van der Waals surface area contributed by atoms with Gasteiger partial charge < -0.3 is 4.98 Å². The lowest BCUT2D eigenvalue weighted by molar-refractivity contribution is 0.289. The van der Waals surface area contributed by atoms with Crippen LogP contribution in [0.1, 0.15) is 19.0 Å². The third-order valence-electron chi connectivity index (χ3n) is 2.31. The van der Waals surface area contributed by atoms with Gasteiger partial charge in [0.15, 0.2) is 0 Å². The van der Waals surface area contributed by atoms with Gasteiger partial charge in [-0.05, 0) is 25.6 Å². The fraction of sp³-hybridized carbons (Fsp3) is 0.545. The number of nitrogens with zero attached hydrogens (tertiary/aromatic N) is 2. The van der Waals surface area contributed by atoms with Gasteiger partial charge in [-0.1, -0.05) is 6.92 Å². The lowest BCUT2D eigenvalue weighted by Gasteiger charge is -2.18. The maximum absolute atomic E-state index is 8.82. The predicted octanol–water partition coefficient (Wildman–Crippen LogP) is 2.00. The number of rotatable bonds is 5. The van der Waals surface area contributed by atoms with E-state index in [0.717, 1.165) is 19.5 Å². The van der Waals surface area contributed by atoms with Crippen LogP contribution in [0.2, 0.25) is 0 Å².